The van der Waals surface area contributed by atoms with E-state index in [0.717, 1.165) is 19.9 Å². The minimum atomic E-state index is -0.410. The Balaban J connectivity index is 2.19. The number of nitrogens with one attached hydrogen (secondary N) is 1. The summed E-state index contributed by atoms with van der Waals surface area (Å²) in [5.74, 6) is 0.0669. The molecular formula is C15H11BrN4O2S. The number of phenols is 1. The van der Waals surface area contributed by atoms with Crippen LogP contribution in [0.3, 0.4) is 0 Å². The second kappa shape index (κ2) is 6.05. The molecule has 23 heavy (non-hydrogen) atoms. The lowest BCUT2D eigenvalue weighted by molar-refractivity contribution is 0.475. The highest BCUT2D eigenvalue weighted by Crippen LogP contribution is 2.28. The van der Waals surface area contributed by atoms with Crippen LogP contribution >= 0.6 is 28.1 Å². The van der Waals surface area contributed by atoms with Crippen molar-refractivity contribution in [1.29, 1.82) is 0 Å². The highest BCUT2D eigenvalue weighted by molar-refractivity contribution is 9.10. The van der Waals surface area contributed by atoms with Crippen molar-refractivity contribution < 1.29 is 5.11 Å². The standard InChI is InChI=1S/C15H11BrN4O2S/c1-8-14(22)20(15(23)19-18-8)17-7-12-11-4-3-10(16)6-9(11)2-5-13(12)21/h2-7,21H,1H3,(H,19,23)/b17-7-. The van der Waals surface area contributed by atoms with Gasteiger partial charge in [0, 0.05) is 10.0 Å². The summed E-state index contributed by atoms with van der Waals surface area (Å²) >= 11 is 8.43. The van der Waals surface area contributed by atoms with Gasteiger partial charge < -0.3 is 5.11 Å². The molecule has 3 rings (SSSR count). The van der Waals surface area contributed by atoms with Crippen LogP contribution in [-0.4, -0.2) is 26.2 Å². The molecule has 0 spiro atoms. The molecule has 6 nitrogen and oxygen atoms in total. The number of aromatic amines is 1. The second-order valence-electron chi connectivity index (χ2n) is 4.84. The number of fused-ring (bicyclic) bond motifs is 1. The maximum Gasteiger partial charge on any atom is 0.296 e. The fourth-order valence-corrected chi connectivity index (χ4v) is 2.70. The Morgan fingerprint density at radius 2 is 2.17 bits per heavy atom. The number of aryl methyl sites for hydroxylation is 1. The third-order valence-corrected chi connectivity index (χ3v) is 4.07. The number of hydrogen-bond acceptors (Lipinski definition) is 5. The van der Waals surface area contributed by atoms with Crippen LogP contribution in [-0.2, 0) is 0 Å². The maximum atomic E-state index is 12.0. The summed E-state index contributed by atoms with van der Waals surface area (Å²) in [6.07, 6.45) is 1.41. The summed E-state index contributed by atoms with van der Waals surface area (Å²) in [6, 6.07) is 9.05. The van der Waals surface area contributed by atoms with Crippen LogP contribution in [0.25, 0.3) is 10.8 Å². The number of hydrogen-bond donors (Lipinski definition) is 2. The molecule has 0 aliphatic heterocycles. The van der Waals surface area contributed by atoms with Gasteiger partial charge in [-0.1, -0.05) is 28.1 Å². The quantitative estimate of drug-likeness (QED) is 0.520. The molecule has 1 aromatic heterocycles. The van der Waals surface area contributed by atoms with Crippen LogP contribution in [0.1, 0.15) is 11.3 Å². The molecule has 0 bridgehead atoms. The molecule has 116 valence electrons. The molecule has 0 saturated heterocycles. The van der Waals surface area contributed by atoms with Gasteiger partial charge in [-0.3, -0.25) is 9.89 Å². The fraction of sp³-hybridized carbons (Fsp3) is 0.0667. The van der Waals surface area contributed by atoms with E-state index in [1.807, 2.05) is 24.3 Å². The summed E-state index contributed by atoms with van der Waals surface area (Å²) < 4.78 is 2.05. The normalized spacial score (nSPS) is 11.4. The van der Waals surface area contributed by atoms with Gasteiger partial charge >= 0.3 is 0 Å². The summed E-state index contributed by atoms with van der Waals surface area (Å²) in [6.45, 7) is 1.56. The first kappa shape index (κ1) is 15.6. The number of aromatic nitrogens is 3. The van der Waals surface area contributed by atoms with E-state index >= 15 is 0 Å². The summed E-state index contributed by atoms with van der Waals surface area (Å²) in [5, 5.41) is 22.3. The molecule has 0 unspecified atom stereocenters. The summed E-state index contributed by atoms with van der Waals surface area (Å²) in [7, 11) is 0. The van der Waals surface area contributed by atoms with Gasteiger partial charge in [0.15, 0.2) is 0 Å². The highest BCUT2D eigenvalue weighted by atomic mass is 79.9. The van der Waals surface area contributed by atoms with Crippen LogP contribution in [0.5, 0.6) is 5.75 Å². The lowest BCUT2D eigenvalue weighted by atomic mass is 10.0. The Bertz CT molecular complexity index is 1060. The first-order chi connectivity index (χ1) is 11.0. The molecule has 8 heteroatoms. The highest BCUT2D eigenvalue weighted by Gasteiger charge is 2.07. The third kappa shape index (κ3) is 2.95. The van der Waals surface area contributed by atoms with Gasteiger partial charge in [-0.05, 0) is 48.1 Å². The smallest absolute Gasteiger partial charge is 0.296 e. The molecule has 2 aromatic carbocycles. The van der Waals surface area contributed by atoms with E-state index in [-0.39, 0.29) is 16.2 Å². The predicted octanol–water partition coefficient (Wildman–Crippen LogP) is 3.11. The molecule has 0 fully saturated rings. The summed E-state index contributed by atoms with van der Waals surface area (Å²) in [5.41, 5.74) is 0.347. The average Bonchev–Trinajstić information content (AvgIpc) is 2.53. The molecule has 0 saturated carbocycles. The number of benzene rings is 2. The van der Waals surface area contributed by atoms with E-state index in [1.54, 1.807) is 13.0 Å². The van der Waals surface area contributed by atoms with Crippen molar-refractivity contribution in [3.63, 3.8) is 0 Å². The van der Waals surface area contributed by atoms with E-state index in [2.05, 4.69) is 31.2 Å². The zero-order chi connectivity index (χ0) is 16.6. The Kier molecular flexibility index (Phi) is 4.10. The maximum absolute atomic E-state index is 12.0. The van der Waals surface area contributed by atoms with Crippen LogP contribution in [0, 0.1) is 11.7 Å². The number of H-pyrrole nitrogens is 1. The van der Waals surface area contributed by atoms with Gasteiger partial charge in [0.25, 0.3) is 5.56 Å². The van der Waals surface area contributed by atoms with Crippen molar-refractivity contribution in [3.8, 4) is 5.75 Å². The van der Waals surface area contributed by atoms with Gasteiger partial charge in [-0.15, -0.1) is 0 Å². The Hall–Kier alpha value is -2.32. The van der Waals surface area contributed by atoms with E-state index in [0.29, 0.717) is 5.56 Å². The number of aromatic hydroxyl groups is 1. The Morgan fingerprint density at radius 1 is 1.39 bits per heavy atom. The van der Waals surface area contributed by atoms with Crippen LogP contribution in [0.15, 0.2) is 44.7 Å². The summed E-state index contributed by atoms with van der Waals surface area (Å²) in [4.78, 5) is 12.0. The van der Waals surface area contributed by atoms with Gasteiger partial charge in [0.1, 0.15) is 11.4 Å². The first-order valence-electron chi connectivity index (χ1n) is 6.61. The molecule has 0 aliphatic rings. The lowest BCUT2D eigenvalue weighted by Crippen LogP contribution is -2.22. The van der Waals surface area contributed by atoms with Gasteiger partial charge in [0.05, 0.1) is 6.21 Å². The van der Waals surface area contributed by atoms with Gasteiger partial charge in [-0.25, -0.2) is 0 Å². The first-order valence-corrected chi connectivity index (χ1v) is 7.81. The molecule has 0 aliphatic carbocycles. The van der Waals surface area contributed by atoms with E-state index in [4.69, 9.17) is 12.2 Å². The van der Waals surface area contributed by atoms with Crippen molar-refractivity contribution >= 4 is 45.1 Å². The number of halogens is 1. The number of rotatable bonds is 2. The zero-order valence-corrected chi connectivity index (χ0v) is 14.3. The average molecular weight is 391 g/mol. The third-order valence-electron chi connectivity index (χ3n) is 3.32. The van der Waals surface area contributed by atoms with E-state index in [9.17, 15) is 9.90 Å². The van der Waals surface area contributed by atoms with Crippen molar-refractivity contribution in [2.24, 2.45) is 5.10 Å². The van der Waals surface area contributed by atoms with E-state index < -0.39 is 5.56 Å². The van der Waals surface area contributed by atoms with Crippen molar-refractivity contribution in [2.75, 3.05) is 0 Å². The minimum absolute atomic E-state index is 0.0669. The predicted molar refractivity (Wildman–Crippen MR) is 94.7 cm³/mol. The topological polar surface area (TPSA) is 83.3 Å². The Morgan fingerprint density at radius 3 is 2.96 bits per heavy atom. The zero-order valence-electron chi connectivity index (χ0n) is 11.9. The Labute approximate surface area is 144 Å². The molecule has 2 N–H and O–H groups in total. The second-order valence-corrected chi connectivity index (χ2v) is 6.14. The molecule has 1 heterocycles. The fourth-order valence-electron chi connectivity index (χ4n) is 2.14. The molecule has 0 atom stereocenters. The van der Waals surface area contributed by atoms with Crippen LogP contribution in [0.4, 0.5) is 0 Å². The van der Waals surface area contributed by atoms with Crippen LogP contribution in [0.2, 0.25) is 0 Å². The number of nitrogens with zero attached hydrogens (tertiary/aromatic N) is 3. The molecule has 3 aromatic rings. The lowest BCUT2D eigenvalue weighted by Gasteiger charge is -2.06. The van der Waals surface area contributed by atoms with Crippen molar-refractivity contribution in [3.05, 3.63) is 61.2 Å². The largest absolute Gasteiger partial charge is 0.507 e. The number of phenolic OH excluding ortho intramolecular Hbond substituents is 1. The van der Waals surface area contributed by atoms with Crippen molar-refractivity contribution in [2.45, 2.75) is 6.92 Å². The minimum Gasteiger partial charge on any atom is -0.507 e. The monoisotopic (exact) mass is 390 g/mol. The molecule has 0 amide bonds. The van der Waals surface area contributed by atoms with E-state index in [1.165, 1.54) is 6.21 Å². The van der Waals surface area contributed by atoms with Crippen molar-refractivity contribution in [1.82, 2.24) is 14.9 Å². The van der Waals surface area contributed by atoms with Gasteiger partial charge in [0.2, 0.25) is 4.77 Å². The molecular weight excluding hydrogens is 380 g/mol. The van der Waals surface area contributed by atoms with Crippen LogP contribution < -0.4 is 5.56 Å². The SMILES string of the molecule is Cc1n[nH]c(=S)n(/N=C\c2c(O)ccc3cc(Br)ccc23)c1=O. The van der Waals surface area contributed by atoms with Gasteiger partial charge in [-0.2, -0.15) is 14.9 Å². The molecule has 0 radical (unpaired) electrons.